The highest BCUT2D eigenvalue weighted by Crippen LogP contribution is 2.54. The van der Waals surface area contributed by atoms with E-state index >= 15 is 0 Å². The van der Waals surface area contributed by atoms with Gasteiger partial charge in [-0.2, -0.15) is 5.10 Å². The molecule has 1 aromatic heterocycles. The average molecular weight is 341 g/mol. The molecule has 1 N–H and O–H groups in total. The zero-order valence-corrected chi connectivity index (χ0v) is 13.8. The topological polar surface area (TPSA) is 58.4 Å². The predicted octanol–water partition coefficient (Wildman–Crippen LogP) is 1.78. The van der Waals surface area contributed by atoms with Gasteiger partial charge in [0.25, 0.3) is 0 Å². The number of aliphatic hydroxyl groups excluding tert-OH is 1. The Kier molecular flexibility index (Phi) is 3.25. The van der Waals surface area contributed by atoms with Crippen LogP contribution in [0.15, 0.2) is 36.5 Å². The number of likely N-dealkylation sites (tertiary alicyclic amines) is 1. The second-order valence-electron chi connectivity index (χ2n) is 7.59. The molecule has 0 spiro atoms. The molecule has 1 aliphatic heterocycles. The fourth-order valence-corrected chi connectivity index (χ4v) is 5.15. The van der Waals surface area contributed by atoms with Crippen LogP contribution in [0.25, 0.3) is 5.69 Å². The van der Waals surface area contributed by atoms with Crippen LogP contribution >= 0.6 is 0 Å². The Morgan fingerprint density at radius 3 is 2.76 bits per heavy atom. The van der Waals surface area contributed by atoms with E-state index in [0.29, 0.717) is 23.4 Å². The highest BCUT2D eigenvalue weighted by atomic mass is 19.1. The van der Waals surface area contributed by atoms with Gasteiger partial charge in [-0.05, 0) is 60.9 Å². The number of fused-ring (bicyclic) bond motifs is 1. The maximum atomic E-state index is 13.0. The lowest BCUT2D eigenvalue weighted by molar-refractivity contribution is -0.133. The maximum absolute atomic E-state index is 13.0. The van der Waals surface area contributed by atoms with Gasteiger partial charge in [0, 0.05) is 12.7 Å². The zero-order valence-electron chi connectivity index (χ0n) is 13.8. The minimum absolute atomic E-state index is 0.00966. The summed E-state index contributed by atoms with van der Waals surface area (Å²) in [6, 6.07) is 7.91. The fourth-order valence-electron chi connectivity index (χ4n) is 5.15. The van der Waals surface area contributed by atoms with Crippen LogP contribution in [-0.2, 0) is 11.2 Å². The van der Waals surface area contributed by atoms with Crippen LogP contribution in [0.3, 0.4) is 0 Å². The largest absolute Gasteiger partial charge is 0.391 e. The second-order valence-corrected chi connectivity index (χ2v) is 7.59. The molecule has 130 valence electrons. The molecule has 3 fully saturated rings. The summed E-state index contributed by atoms with van der Waals surface area (Å²) < 4.78 is 14.7. The molecule has 5 nitrogen and oxygen atoms in total. The molecule has 3 aliphatic rings. The van der Waals surface area contributed by atoms with Crippen molar-refractivity contribution in [3.8, 4) is 5.69 Å². The Labute approximate surface area is 145 Å². The van der Waals surface area contributed by atoms with Gasteiger partial charge in [0.1, 0.15) is 5.82 Å². The highest BCUT2D eigenvalue weighted by molar-refractivity contribution is 5.79. The molecule has 0 unspecified atom stereocenters. The number of nitrogens with zero attached hydrogens (tertiary/aromatic N) is 3. The minimum atomic E-state index is -0.357. The fraction of sp³-hybridized carbons (Fsp3) is 0.474. The molecule has 2 saturated carbocycles. The number of hydrogen-bond acceptors (Lipinski definition) is 3. The summed E-state index contributed by atoms with van der Waals surface area (Å²) in [6.45, 7) is 0.778. The van der Waals surface area contributed by atoms with Gasteiger partial charge in [0.05, 0.1) is 29.9 Å². The molecule has 2 heterocycles. The summed E-state index contributed by atoms with van der Waals surface area (Å²) in [5, 5.41) is 14.9. The third-order valence-corrected chi connectivity index (χ3v) is 6.24. The molecule has 2 bridgehead atoms. The number of rotatable bonds is 3. The van der Waals surface area contributed by atoms with Crippen molar-refractivity contribution in [2.75, 3.05) is 6.54 Å². The van der Waals surface area contributed by atoms with Crippen molar-refractivity contribution in [1.82, 2.24) is 14.7 Å². The van der Waals surface area contributed by atoms with Crippen LogP contribution < -0.4 is 0 Å². The van der Waals surface area contributed by atoms with Crippen molar-refractivity contribution >= 4 is 5.91 Å². The van der Waals surface area contributed by atoms with Crippen molar-refractivity contribution in [3.63, 3.8) is 0 Å². The van der Waals surface area contributed by atoms with Gasteiger partial charge >= 0.3 is 0 Å². The first kappa shape index (κ1) is 15.1. The third-order valence-electron chi connectivity index (χ3n) is 6.24. The van der Waals surface area contributed by atoms with E-state index in [1.165, 1.54) is 12.1 Å². The summed E-state index contributed by atoms with van der Waals surface area (Å²) in [5.41, 5.74) is 1.45. The molecule has 2 aromatic rings. The van der Waals surface area contributed by atoms with Crippen molar-refractivity contribution in [1.29, 1.82) is 0 Å². The van der Waals surface area contributed by atoms with E-state index < -0.39 is 0 Å². The molecule has 1 saturated heterocycles. The van der Waals surface area contributed by atoms with E-state index in [0.717, 1.165) is 25.1 Å². The normalized spacial score (nSPS) is 32.6. The number of aromatic nitrogens is 2. The quantitative estimate of drug-likeness (QED) is 0.926. The Balaban J connectivity index is 1.31. The van der Waals surface area contributed by atoms with Gasteiger partial charge in [-0.25, -0.2) is 9.07 Å². The van der Waals surface area contributed by atoms with E-state index in [1.54, 1.807) is 23.0 Å². The molecular weight excluding hydrogens is 321 g/mol. The Morgan fingerprint density at radius 2 is 2.00 bits per heavy atom. The summed E-state index contributed by atoms with van der Waals surface area (Å²) in [4.78, 5) is 14.7. The molecule has 1 aromatic carbocycles. The maximum Gasteiger partial charge on any atom is 0.229 e. The van der Waals surface area contributed by atoms with E-state index in [1.807, 2.05) is 11.0 Å². The van der Waals surface area contributed by atoms with Gasteiger partial charge in [-0.15, -0.1) is 0 Å². The standard InChI is InChI=1S/C19H20FN3O2/c20-13-1-3-15(4-2-13)23-6-5-14(21-23)9-17(24)22-10-12-7-11-8-16(12)18(22)19(11)25/h1-6,11-12,16,18-19,25H,7-10H2/t11-,12-,16+,18-,19-/m0/s1. The summed E-state index contributed by atoms with van der Waals surface area (Å²) in [7, 11) is 0. The Bertz CT molecular complexity index is 816. The lowest BCUT2D eigenvalue weighted by Crippen LogP contribution is -2.44. The van der Waals surface area contributed by atoms with E-state index in [9.17, 15) is 14.3 Å². The summed E-state index contributed by atoms with van der Waals surface area (Å²) in [5.74, 6) is 1.20. The monoisotopic (exact) mass is 341 g/mol. The van der Waals surface area contributed by atoms with E-state index in [4.69, 9.17) is 0 Å². The van der Waals surface area contributed by atoms with Crippen molar-refractivity contribution < 1.29 is 14.3 Å². The summed E-state index contributed by atoms with van der Waals surface area (Å²) in [6.07, 6.45) is 3.79. The van der Waals surface area contributed by atoms with Crippen LogP contribution in [0.2, 0.25) is 0 Å². The number of amides is 1. The van der Waals surface area contributed by atoms with Crippen molar-refractivity contribution in [2.24, 2.45) is 17.8 Å². The molecule has 5 rings (SSSR count). The van der Waals surface area contributed by atoms with Crippen LogP contribution in [0.5, 0.6) is 0 Å². The Hall–Kier alpha value is -2.21. The number of carbonyl (C=O) groups is 1. The first-order valence-corrected chi connectivity index (χ1v) is 8.88. The Morgan fingerprint density at radius 1 is 1.20 bits per heavy atom. The van der Waals surface area contributed by atoms with Gasteiger partial charge < -0.3 is 10.0 Å². The van der Waals surface area contributed by atoms with Crippen LogP contribution in [0, 0.1) is 23.6 Å². The highest BCUT2D eigenvalue weighted by Gasteiger charge is 2.59. The van der Waals surface area contributed by atoms with Gasteiger partial charge in [-0.3, -0.25) is 4.79 Å². The molecule has 6 heteroatoms. The van der Waals surface area contributed by atoms with Crippen LogP contribution in [0.1, 0.15) is 18.5 Å². The van der Waals surface area contributed by atoms with Gasteiger partial charge in [-0.1, -0.05) is 0 Å². The molecule has 5 atom stereocenters. The first-order valence-electron chi connectivity index (χ1n) is 8.88. The SMILES string of the molecule is O=C(Cc1ccn(-c2ccc(F)cc2)n1)N1C[C@@H]2C[C@H]3C[C@H]2[C@H]1[C@H]3O. The van der Waals surface area contributed by atoms with Crippen LogP contribution in [0.4, 0.5) is 4.39 Å². The number of halogens is 1. The first-order chi connectivity index (χ1) is 12.1. The average Bonchev–Trinajstić information content (AvgIpc) is 3.31. The van der Waals surface area contributed by atoms with E-state index in [2.05, 4.69) is 5.10 Å². The number of hydrogen-bond donors (Lipinski definition) is 1. The number of carbonyl (C=O) groups excluding carboxylic acids is 1. The zero-order chi connectivity index (χ0) is 17.1. The smallest absolute Gasteiger partial charge is 0.229 e. The number of benzene rings is 1. The molecule has 2 aliphatic carbocycles. The van der Waals surface area contributed by atoms with E-state index in [-0.39, 0.29) is 30.3 Å². The van der Waals surface area contributed by atoms with Crippen molar-refractivity contribution in [3.05, 3.63) is 48.0 Å². The molecule has 25 heavy (non-hydrogen) atoms. The summed E-state index contributed by atoms with van der Waals surface area (Å²) >= 11 is 0. The second kappa shape index (κ2) is 5.39. The van der Waals surface area contributed by atoms with Crippen molar-refractivity contribution in [2.45, 2.75) is 31.4 Å². The molecule has 1 amide bonds. The molecule has 0 radical (unpaired) electrons. The van der Waals surface area contributed by atoms with Gasteiger partial charge in [0.15, 0.2) is 0 Å². The lowest BCUT2D eigenvalue weighted by Gasteiger charge is -2.28. The van der Waals surface area contributed by atoms with Gasteiger partial charge in [0.2, 0.25) is 5.91 Å². The lowest BCUT2D eigenvalue weighted by atomic mass is 9.88. The molecular formula is C19H20FN3O2. The van der Waals surface area contributed by atoms with Crippen LogP contribution in [-0.4, -0.2) is 44.4 Å². The minimum Gasteiger partial charge on any atom is -0.391 e. The predicted molar refractivity (Wildman–Crippen MR) is 88.4 cm³/mol. The third kappa shape index (κ3) is 2.31. The number of aliphatic hydroxyl groups is 1.